The topological polar surface area (TPSA) is 55.1 Å². The van der Waals surface area contributed by atoms with Crippen LogP contribution in [-0.2, 0) is 11.8 Å². The Morgan fingerprint density at radius 3 is 2.69 bits per heavy atom. The predicted octanol–water partition coefficient (Wildman–Crippen LogP) is 4.69. The normalized spacial score (nSPS) is 45.8. The van der Waals surface area contributed by atoms with E-state index in [1.807, 2.05) is 24.9 Å². The molecule has 7 unspecified atom stereocenters. The number of hydrogen-bond acceptors (Lipinski definition) is 3. The highest BCUT2D eigenvalue weighted by atomic mass is 16.3. The van der Waals surface area contributed by atoms with Crippen molar-refractivity contribution in [1.82, 2.24) is 9.78 Å². The number of fused-ring (bicyclic) bond motifs is 5. The van der Waals surface area contributed by atoms with E-state index in [9.17, 15) is 9.90 Å². The molecule has 4 aliphatic carbocycles. The first-order valence-corrected chi connectivity index (χ1v) is 11.7. The van der Waals surface area contributed by atoms with Gasteiger partial charge in [0.15, 0.2) is 5.78 Å². The Morgan fingerprint density at radius 1 is 1.17 bits per heavy atom. The molecule has 1 N–H and O–H groups in total. The zero-order chi connectivity index (χ0) is 20.6. The lowest BCUT2D eigenvalue weighted by Gasteiger charge is -2.59. The first-order valence-electron chi connectivity index (χ1n) is 11.7. The quantitative estimate of drug-likeness (QED) is 0.701. The molecule has 4 nitrogen and oxygen atoms in total. The van der Waals surface area contributed by atoms with Crippen molar-refractivity contribution in [3.63, 3.8) is 0 Å². The molecule has 5 rings (SSSR count). The molecule has 0 spiro atoms. The number of Topliss-reactive ketones (excluding diaryl/α,β-unsaturated/α-hetero) is 1. The molecule has 0 aliphatic heterocycles. The van der Waals surface area contributed by atoms with Gasteiger partial charge in [0, 0.05) is 24.2 Å². The number of aliphatic hydroxyl groups is 1. The summed E-state index contributed by atoms with van der Waals surface area (Å²) in [5.41, 5.74) is 3.30. The van der Waals surface area contributed by atoms with Crippen LogP contribution < -0.4 is 0 Å². The van der Waals surface area contributed by atoms with Crippen molar-refractivity contribution in [2.45, 2.75) is 78.2 Å². The average molecular weight is 397 g/mol. The van der Waals surface area contributed by atoms with E-state index in [1.54, 1.807) is 0 Å². The molecule has 0 saturated heterocycles. The van der Waals surface area contributed by atoms with Gasteiger partial charge in [0.25, 0.3) is 0 Å². The van der Waals surface area contributed by atoms with Crippen LogP contribution in [0, 0.1) is 41.4 Å². The van der Waals surface area contributed by atoms with E-state index in [0.29, 0.717) is 29.0 Å². The third kappa shape index (κ3) is 2.81. The molecule has 4 heteroatoms. The summed E-state index contributed by atoms with van der Waals surface area (Å²) >= 11 is 0. The number of rotatable bonds is 1. The fourth-order valence-electron chi connectivity index (χ4n) is 7.98. The average Bonchev–Trinajstić information content (AvgIpc) is 3.12. The molecule has 0 amide bonds. The Bertz CT molecular complexity index is 870. The maximum absolute atomic E-state index is 13.5. The highest BCUT2D eigenvalue weighted by molar-refractivity contribution is 6.06. The van der Waals surface area contributed by atoms with Gasteiger partial charge in [0.2, 0.25) is 0 Å². The van der Waals surface area contributed by atoms with Gasteiger partial charge in [0.1, 0.15) is 0 Å². The van der Waals surface area contributed by atoms with Crippen molar-refractivity contribution in [3.8, 4) is 0 Å². The van der Waals surface area contributed by atoms with Crippen molar-refractivity contribution < 1.29 is 9.90 Å². The number of nitrogens with zero attached hydrogens (tertiary/aromatic N) is 2. The molecule has 4 saturated carbocycles. The van der Waals surface area contributed by atoms with E-state index >= 15 is 0 Å². The van der Waals surface area contributed by atoms with E-state index < -0.39 is 0 Å². The second-order valence-electron chi connectivity index (χ2n) is 11.1. The number of aliphatic hydroxyl groups excluding tert-OH is 1. The number of carbonyl (C=O) groups is 1. The summed E-state index contributed by atoms with van der Waals surface area (Å²) in [7, 11) is 1.94. The third-order valence-corrected chi connectivity index (χ3v) is 9.66. The van der Waals surface area contributed by atoms with Gasteiger partial charge >= 0.3 is 0 Å². The third-order valence-electron chi connectivity index (χ3n) is 9.66. The van der Waals surface area contributed by atoms with Crippen LogP contribution in [0.3, 0.4) is 0 Å². The highest BCUT2D eigenvalue weighted by Crippen LogP contribution is 2.66. The van der Waals surface area contributed by atoms with Gasteiger partial charge in [0.05, 0.1) is 11.8 Å². The largest absolute Gasteiger partial charge is 0.393 e. The van der Waals surface area contributed by atoms with Crippen molar-refractivity contribution in [1.29, 1.82) is 0 Å². The predicted molar refractivity (Wildman–Crippen MR) is 114 cm³/mol. The summed E-state index contributed by atoms with van der Waals surface area (Å²) in [6.45, 7) is 6.79. The minimum absolute atomic E-state index is 0.0937. The lowest BCUT2D eigenvalue weighted by molar-refractivity contribution is -0.141. The number of hydrogen-bond donors (Lipinski definition) is 1. The Morgan fingerprint density at radius 2 is 1.97 bits per heavy atom. The first kappa shape index (κ1) is 19.5. The Balaban J connectivity index is 1.46. The molecule has 4 fully saturated rings. The van der Waals surface area contributed by atoms with E-state index in [4.69, 9.17) is 0 Å². The molecule has 4 aliphatic rings. The zero-order valence-corrected chi connectivity index (χ0v) is 18.4. The lowest BCUT2D eigenvalue weighted by Crippen LogP contribution is -2.54. The SMILES string of the molecule is Cc1nn(C)cc1C=C1CC2C3CCC4CC(O)CCC4(C)C3CCC2(C)C1=O. The molecule has 0 aromatic carbocycles. The van der Waals surface area contributed by atoms with E-state index in [-0.39, 0.29) is 11.5 Å². The molecule has 1 aromatic heterocycles. The van der Waals surface area contributed by atoms with Gasteiger partial charge < -0.3 is 5.11 Å². The second kappa shape index (κ2) is 6.54. The molecule has 29 heavy (non-hydrogen) atoms. The van der Waals surface area contributed by atoms with Crippen LogP contribution >= 0.6 is 0 Å². The summed E-state index contributed by atoms with van der Waals surface area (Å²) in [5.74, 6) is 2.94. The van der Waals surface area contributed by atoms with Crippen molar-refractivity contribution >= 4 is 11.9 Å². The minimum Gasteiger partial charge on any atom is -0.393 e. The van der Waals surface area contributed by atoms with Crippen LogP contribution in [0.25, 0.3) is 6.08 Å². The van der Waals surface area contributed by atoms with Gasteiger partial charge in [-0.3, -0.25) is 9.48 Å². The molecule has 7 atom stereocenters. The van der Waals surface area contributed by atoms with Crippen LogP contribution in [0.5, 0.6) is 0 Å². The van der Waals surface area contributed by atoms with Gasteiger partial charge in [-0.2, -0.15) is 5.10 Å². The van der Waals surface area contributed by atoms with E-state index in [2.05, 4.69) is 25.0 Å². The van der Waals surface area contributed by atoms with Gasteiger partial charge in [-0.1, -0.05) is 13.8 Å². The second-order valence-corrected chi connectivity index (χ2v) is 11.1. The van der Waals surface area contributed by atoms with Crippen LogP contribution in [0.1, 0.15) is 76.5 Å². The molecule has 1 heterocycles. The zero-order valence-electron chi connectivity index (χ0n) is 18.4. The first-order chi connectivity index (χ1) is 13.7. The van der Waals surface area contributed by atoms with Gasteiger partial charge in [-0.25, -0.2) is 0 Å². The van der Waals surface area contributed by atoms with Gasteiger partial charge in [-0.05, 0) is 99.0 Å². The minimum atomic E-state index is -0.180. The van der Waals surface area contributed by atoms with E-state index in [0.717, 1.165) is 54.9 Å². The molecule has 0 radical (unpaired) electrons. The van der Waals surface area contributed by atoms with Crippen molar-refractivity contribution in [2.75, 3.05) is 0 Å². The number of ketones is 1. The maximum atomic E-state index is 13.5. The van der Waals surface area contributed by atoms with Crippen LogP contribution in [-0.4, -0.2) is 26.8 Å². The summed E-state index contributed by atoms with van der Waals surface area (Å²) in [6, 6.07) is 0. The standard InChI is InChI=1S/C25H36N2O2/c1-15-17(14-27(4)26-15)11-16-12-22-20-6-5-18-13-19(28)7-9-24(18,2)21(20)8-10-25(22,3)23(16)29/h11,14,18-22,28H,5-10,12-13H2,1-4H3. The Labute approximate surface area is 174 Å². The summed E-state index contributed by atoms with van der Waals surface area (Å²) < 4.78 is 1.84. The number of aryl methyl sites for hydroxylation is 2. The fraction of sp³-hybridized carbons (Fsp3) is 0.760. The maximum Gasteiger partial charge on any atom is 0.165 e. The fourth-order valence-corrected chi connectivity index (χ4v) is 7.98. The molecular weight excluding hydrogens is 360 g/mol. The van der Waals surface area contributed by atoms with Gasteiger partial charge in [-0.15, -0.1) is 0 Å². The Hall–Kier alpha value is -1.42. The molecular formula is C25H36N2O2. The van der Waals surface area contributed by atoms with Crippen LogP contribution in [0.2, 0.25) is 0 Å². The van der Waals surface area contributed by atoms with Crippen LogP contribution in [0.15, 0.2) is 11.8 Å². The molecule has 158 valence electrons. The van der Waals surface area contributed by atoms with Crippen LogP contribution in [0.4, 0.5) is 0 Å². The number of carbonyl (C=O) groups excluding carboxylic acids is 1. The summed E-state index contributed by atoms with van der Waals surface area (Å²) in [5, 5.41) is 14.7. The highest BCUT2D eigenvalue weighted by Gasteiger charge is 2.61. The monoisotopic (exact) mass is 396 g/mol. The van der Waals surface area contributed by atoms with Crippen molar-refractivity contribution in [2.24, 2.45) is 41.5 Å². The number of allylic oxidation sites excluding steroid dienone is 1. The van der Waals surface area contributed by atoms with Crippen molar-refractivity contribution in [3.05, 3.63) is 23.0 Å². The molecule has 1 aromatic rings. The number of aromatic nitrogens is 2. The summed E-state index contributed by atoms with van der Waals surface area (Å²) in [6.07, 6.45) is 12.8. The van der Waals surface area contributed by atoms with E-state index in [1.165, 1.54) is 19.3 Å². The summed E-state index contributed by atoms with van der Waals surface area (Å²) in [4.78, 5) is 13.5. The molecule has 0 bridgehead atoms. The lowest BCUT2D eigenvalue weighted by atomic mass is 9.45. The smallest absolute Gasteiger partial charge is 0.165 e. The Kier molecular flexibility index (Phi) is 4.40.